The van der Waals surface area contributed by atoms with E-state index in [1.807, 2.05) is 6.07 Å². The van der Waals surface area contributed by atoms with Crippen molar-refractivity contribution in [1.29, 1.82) is 0 Å². The van der Waals surface area contributed by atoms with Crippen LogP contribution in [0.2, 0.25) is 5.02 Å². The van der Waals surface area contributed by atoms with Crippen LogP contribution < -0.4 is 0 Å². The fraction of sp³-hybridized carbons (Fsp3) is 0.273. The summed E-state index contributed by atoms with van der Waals surface area (Å²) in [5.74, 6) is -0.243. The van der Waals surface area contributed by atoms with Gasteiger partial charge in [0.2, 0.25) is 0 Å². The van der Waals surface area contributed by atoms with Gasteiger partial charge in [-0.1, -0.05) is 11.6 Å². The average Bonchev–Trinajstić information content (AvgIpc) is 2.93. The smallest absolute Gasteiger partial charge is 0.307 e. The number of benzene rings is 1. The van der Waals surface area contributed by atoms with E-state index >= 15 is 0 Å². The number of H-pyrrole nitrogens is 1. The number of hydrogen-bond donors (Lipinski definition) is 2. The van der Waals surface area contributed by atoms with Gasteiger partial charge in [0.25, 0.3) is 0 Å². The lowest BCUT2D eigenvalue weighted by molar-refractivity contribution is -0.138. The van der Waals surface area contributed by atoms with E-state index in [0.717, 1.165) is 16.9 Å². The number of aromatic amines is 1. The summed E-state index contributed by atoms with van der Waals surface area (Å²) in [6, 6.07) is 5.41. The van der Waals surface area contributed by atoms with Gasteiger partial charge in [-0.2, -0.15) is 0 Å². The van der Waals surface area contributed by atoms with E-state index in [1.165, 1.54) is 0 Å². The van der Waals surface area contributed by atoms with Crippen LogP contribution in [-0.2, 0) is 4.79 Å². The lowest BCUT2D eigenvalue weighted by Gasteiger charge is -1.89. The summed E-state index contributed by atoms with van der Waals surface area (Å²) >= 11 is 5.85. The summed E-state index contributed by atoms with van der Waals surface area (Å²) in [7, 11) is 0. The van der Waals surface area contributed by atoms with Gasteiger partial charge in [-0.25, -0.2) is 4.98 Å². The maximum Gasteiger partial charge on any atom is 0.307 e. The molecule has 2 unspecified atom stereocenters. The van der Waals surface area contributed by atoms with Crippen molar-refractivity contribution in [2.45, 2.75) is 12.3 Å². The summed E-state index contributed by atoms with van der Waals surface area (Å²) in [6.45, 7) is 0. The number of aromatic nitrogens is 2. The van der Waals surface area contributed by atoms with E-state index in [2.05, 4.69) is 9.97 Å². The van der Waals surface area contributed by atoms with Crippen molar-refractivity contribution < 1.29 is 9.90 Å². The normalized spacial score (nSPS) is 23.6. The second kappa shape index (κ2) is 3.22. The monoisotopic (exact) mass is 236 g/mol. The minimum Gasteiger partial charge on any atom is -0.481 e. The van der Waals surface area contributed by atoms with E-state index in [4.69, 9.17) is 16.7 Å². The summed E-state index contributed by atoms with van der Waals surface area (Å²) in [5.41, 5.74) is 1.69. The zero-order valence-corrected chi connectivity index (χ0v) is 9.03. The van der Waals surface area contributed by atoms with E-state index < -0.39 is 5.97 Å². The third-order valence-corrected chi connectivity index (χ3v) is 3.16. The predicted molar refractivity (Wildman–Crippen MR) is 59.6 cm³/mol. The molecule has 1 aromatic carbocycles. The molecule has 2 N–H and O–H groups in total. The van der Waals surface area contributed by atoms with Crippen LogP contribution in [0.5, 0.6) is 0 Å². The Kier molecular flexibility index (Phi) is 1.94. The van der Waals surface area contributed by atoms with Crippen molar-refractivity contribution in [3.8, 4) is 0 Å². The highest BCUT2D eigenvalue weighted by Gasteiger charge is 2.46. The van der Waals surface area contributed by atoms with Gasteiger partial charge in [0.05, 0.1) is 17.0 Å². The minimum atomic E-state index is -0.747. The fourth-order valence-corrected chi connectivity index (χ4v) is 2.11. The molecule has 1 saturated carbocycles. The number of carbonyl (C=O) groups is 1. The second-order valence-corrected chi connectivity index (χ2v) is 4.51. The number of hydrogen-bond acceptors (Lipinski definition) is 2. The van der Waals surface area contributed by atoms with Crippen LogP contribution in [0.1, 0.15) is 18.2 Å². The molecule has 2 atom stereocenters. The van der Waals surface area contributed by atoms with E-state index in [1.54, 1.807) is 12.1 Å². The average molecular weight is 237 g/mol. The predicted octanol–water partition coefficient (Wildman–Crippen LogP) is 2.40. The van der Waals surface area contributed by atoms with Crippen molar-refractivity contribution in [2.75, 3.05) is 0 Å². The molecule has 1 fully saturated rings. The second-order valence-electron chi connectivity index (χ2n) is 4.07. The molecule has 1 aliphatic carbocycles. The van der Waals surface area contributed by atoms with E-state index in [0.29, 0.717) is 11.4 Å². The molecular formula is C11H9ClN2O2. The summed E-state index contributed by atoms with van der Waals surface area (Å²) < 4.78 is 0. The Morgan fingerprint density at radius 3 is 3.06 bits per heavy atom. The number of carboxylic acids is 1. The SMILES string of the molecule is O=C(O)C1CC1c1nc2cc(Cl)ccc2[nH]1. The maximum atomic E-state index is 10.8. The van der Waals surface area contributed by atoms with Gasteiger partial charge in [-0.05, 0) is 24.6 Å². The zero-order valence-electron chi connectivity index (χ0n) is 8.27. The van der Waals surface area contributed by atoms with Crippen LogP contribution in [0.25, 0.3) is 11.0 Å². The van der Waals surface area contributed by atoms with E-state index in [9.17, 15) is 4.79 Å². The number of rotatable bonds is 2. The minimum absolute atomic E-state index is 0.0312. The zero-order chi connectivity index (χ0) is 11.3. The first kappa shape index (κ1) is 9.66. The van der Waals surface area contributed by atoms with Crippen LogP contribution in [0.3, 0.4) is 0 Å². The largest absolute Gasteiger partial charge is 0.481 e. The molecule has 0 aliphatic heterocycles. The Morgan fingerprint density at radius 2 is 2.38 bits per heavy atom. The molecule has 82 valence electrons. The van der Waals surface area contributed by atoms with E-state index in [-0.39, 0.29) is 11.8 Å². The standard InChI is InChI=1S/C11H9ClN2O2/c12-5-1-2-8-9(3-5)14-10(13-8)6-4-7(6)11(15)16/h1-3,6-7H,4H2,(H,13,14)(H,15,16). The van der Waals surface area contributed by atoms with Crippen LogP contribution in [-0.4, -0.2) is 21.0 Å². The number of nitrogens with zero attached hydrogens (tertiary/aromatic N) is 1. The molecule has 0 saturated heterocycles. The molecule has 5 heteroatoms. The summed E-state index contributed by atoms with van der Waals surface area (Å²) in [5, 5.41) is 9.48. The van der Waals surface area contributed by atoms with Crippen LogP contribution in [0.15, 0.2) is 18.2 Å². The summed E-state index contributed by atoms with van der Waals surface area (Å²) in [6.07, 6.45) is 0.670. The summed E-state index contributed by atoms with van der Waals surface area (Å²) in [4.78, 5) is 18.3. The third-order valence-electron chi connectivity index (χ3n) is 2.92. The van der Waals surface area contributed by atoms with Gasteiger partial charge >= 0.3 is 5.97 Å². The number of aliphatic carboxylic acids is 1. The Hall–Kier alpha value is -1.55. The number of halogens is 1. The molecule has 0 spiro atoms. The van der Waals surface area contributed by atoms with Crippen LogP contribution >= 0.6 is 11.6 Å². The highest BCUT2D eigenvalue weighted by Crippen LogP contribution is 2.46. The van der Waals surface area contributed by atoms with Gasteiger partial charge in [-0.15, -0.1) is 0 Å². The first-order valence-corrected chi connectivity index (χ1v) is 5.41. The van der Waals surface area contributed by atoms with Crippen molar-refractivity contribution in [3.63, 3.8) is 0 Å². The fourth-order valence-electron chi connectivity index (χ4n) is 1.94. The molecule has 3 rings (SSSR count). The Balaban J connectivity index is 1.98. The Bertz CT molecular complexity index is 578. The van der Waals surface area contributed by atoms with Crippen molar-refractivity contribution >= 4 is 28.6 Å². The van der Waals surface area contributed by atoms with Crippen molar-refractivity contribution in [2.24, 2.45) is 5.92 Å². The van der Waals surface area contributed by atoms with Gasteiger partial charge in [0.15, 0.2) is 0 Å². The third kappa shape index (κ3) is 1.46. The van der Waals surface area contributed by atoms with Crippen molar-refractivity contribution in [3.05, 3.63) is 29.0 Å². The first-order valence-electron chi connectivity index (χ1n) is 5.03. The molecular weight excluding hydrogens is 228 g/mol. The molecule has 1 aromatic heterocycles. The highest BCUT2D eigenvalue weighted by molar-refractivity contribution is 6.31. The van der Waals surface area contributed by atoms with Gasteiger partial charge in [0, 0.05) is 10.9 Å². The topological polar surface area (TPSA) is 66.0 Å². The maximum absolute atomic E-state index is 10.8. The van der Waals surface area contributed by atoms with Gasteiger partial charge in [0.1, 0.15) is 5.82 Å². The molecule has 4 nitrogen and oxygen atoms in total. The molecule has 0 bridgehead atoms. The lowest BCUT2D eigenvalue weighted by Crippen LogP contribution is -1.99. The molecule has 0 radical (unpaired) electrons. The number of imidazole rings is 1. The van der Waals surface area contributed by atoms with Crippen molar-refractivity contribution in [1.82, 2.24) is 9.97 Å². The highest BCUT2D eigenvalue weighted by atomic mass is 35.5. The molecule has 0 amide bonds. The first-order chi connectivity index (χ1) is 7.65. The number of fused-ring (bicyclic) bond motifs is 1. The molecule has 1 heterocycles. The van der Waals surface area contributed by atoms with Gasteiger partial charge in [-0.3, -0.25) is 4.79 Å². The Morgan fingerprint density at radius 1 is 1.56 bits per heavy atom. The van der Waals surface area contributed by atoms with Crippen LogP contribution in [0, 0.1) is 5.92 Å². The quantitative estimate of drug-likeness (QED) is 0.842. The van der Waals surface area contributed by atoms with Gasteiger partial charge < -0.3 is 10.1 Å². The van der Waals surface area contributed by atoms with Crippen LogP contribution in [0.4, 0.5) is 0 Å². The molecule has 1 aliphatic rings. The molecule has 16 heavy (non-hydrogen) atoms. The number of nitrogens with one attached hydrogen (secondary N) is 1. The lowest BCUT2D eigenvalue weighted by atomic mass is 10.3. The Labute approximate surface area is 96.3 Å². The molecule has 2 aromatic rings. The number of carboxylic acid groups (broad SMARTS) is 1.